The molecule has 1 heterocycles. The van der Waals surface area contributed by atoms with Gasteiger partial charge in [0, 0.05) is 24.9 Å². The molecule has 1 aromatic carbocycles. The van der Waals surface area contributed by atoms with E-state index >= 15 is 0 Å². The van der Waals surface area contributed by atoms with E-state index < -0.39 is 0 Å². The van der Waals surface area contributed by atoms with Crippen LogP contribution in [0, 0.1) is 5.92 Å². The van der Waals surface area contributed by atoms with Crippen LogP contribution in [-0.4, -0.2) is 24.9 Å². The number of carbonyl (C=O) groups excluding carboxylic acids is 2. The Morgan fingerprint density at radius 2 is 2.09 bits per heavy atom. The maximum Gasteiger partial charge on any atom is 0.224 e. The molecule has 2 amide bonds. The minimum atomic E-state index is -0.262. The van der Waals surface area contributed by atoms with Crippen LogP contribution >= 0.6 is 23.2 Å². The van der Waals surface area contributed by atoms with E-state index in [2.05, 4.69) is 10.6 Å². The van der Waals surface area contributed by atoms with E-state index in [0.717, 1.165) is 5.56 Å². The summed E-state index contributed by atoms with van der Waals surface area (Å²) >= 11 is 12.0. The zero-order valence-corrected chi connectivity index (χ0v) is 14.2. The number of amides is 2. The Hall–Kier alpha value is -1.26. The molecule has 0 unspecified atom stereocenters. The van der Waals surface area contributed by atoms with E-state index in [-0.39, 0.29) is 23.1 Å². The molecule has 22 heavy (non-hydrogen) atoms. The van der Waals surface area contributed by atoms with Crippen LogP contribution in [0.25, 0.3) is 0 Å². The summed E-state index contributed by atoms with van der Waals surface area (Å²) in [5.74, 6) is -0.157. The monoisotopic (exact) mass is 342 g/mol. The summed E-state index contributed by atoms with van der Waals surface area (Å²) in [5.41, 5.74) is 0.751. The van der Waals surface area contributed by atoms with E-state index in [1.54, 1.807) is 6.07 Å². The van der Waals surface area contributed by atoms with Gasteiger partial charge in [-0.1, -0.05) is 43.1 Å². The maximum atomic E-state index is 12.2. The average molecular weight is 343 g/mol. The van der Waals surface area contributed by atoms with E-state index in [9.17, 15) is 9.59 Å². The Morgan fingerprint density at radius 3 is 2.68 bits per heavy atom. The molecule has 0 radical (unpaired) electrons. The predicted molar refractivity (Wildman–Crippen MR) is 88.2 cm³/mol. The molecule has 4 nitrogen and oxygen atoms in total. The predicted octanol–water partition coefficient (Wildman–Crippen LogP) is 2.91. The fourth-order valence-electron chi connectivity index (χ4n) is 2.43. The summed E-state index contributed by atoms with van der Waals surface area (Å²) in [6.07, 6.45) is 1.01. The molecule has 2 N–H and O–H groups in total. The highest BCUT2D eigenvalue weighted by Gasteiger charge is 2.27. The zero-order chi connectivity index (χ0) is 16.3. The van der Waals surface area contributed by atoms with Gasteiger partial charge in [0.1, 0.15) is 0 Å². The second-order valence-corrected chi connectivity index (χ2v) is 7.08. The summed E-state index contributed by atoms with van der Waals surface area (Å²) in [4.78, 5) is 23.3. The third-order valence-electron chi connectivity index (χ3n) is 4.04. The number of benzene rings is 1. The van der Waals surface area contributed by atoms with Crippen LogP contribution in [0.15, 0.2) is 18.2 Å². The first-order valence-corrected chi connectivity index (χ1v) is 8.05. The number of hydrogen-bond donors (Lipinski definition) is 2. The third-order valence-corrected chi connectivity index (χ3v) is 4.78. The lowest BCUT2D eigenvalue weighted by molar-refractivity contribution is -0.129. The molecule has 120 valence electrons. The first-order valence-electron chi connectivity index (χ1n) is 7.29. The van der Waals surface area contributed by atoms with Crippen molar-refractivity contribution < 1.29 is 9.59 Å². The third kappa shape index (κ3) is 4.14. The molecule has 1 aliphatic rings. The topological polar surface area (TPSA) is 58.2 Å². The van der Waals surface area contributed by atoms with Crippen LogP contribution in [0.2, 0.25) is 10.0 Å². The first kappa shape index (κ1) is 17.1. The quantitative estimate of drug-likeness (QED) is 0.883. The highest BCUT2D eigenvalue weighted by Crippen LogP contribution is 2.29. The summed E-state index contributed by atoms with van der Waals surface area (Å²) in [5, 5.41) is 6.72. The number of rotatable bonds is 4. The van der Waals surface area contributed by atoms with Crippen molar-refractivity contribution in [3.05, 3.63) is 33.8 Å². The van der Waals surface area contributed by atoms with Crippen molar-refractivity contribution in [2.45, 2.75) is 32.1 Å². The molecule has 1 saturated heterocycles. The molecular weight excluding hydrogens is 323 g/mol. The van der Waals surface area contributed by atoms with E-state index in [0.29, 0.717) is 36.0 Å². The van der Waals surface area contributed by atoms with Gasteiger partial charge in [0.2, 0.25) is 11.8 Å². The summed E-state index contributed by atoms with van der Waals surface area (Å²) < 4.78 is 0. The van der Waals surface area contributed by atoms with Crippen molar-refractivity contribution in [3.8, 4) is 0 Å². The van der Waals surface area contributed by atoms with Crippen molar-refractivity contribution >= 4 is 35.0 Å². The van der Waals surface area contributed by atoms with Gasteiger partial charge < -0.3 is 10.6 Å². The van der Waals surface area contributed by atoms with Crippen molar-refractivity contribution in [1.29, 1.82) is 0 Å². The van der Waals surface area contributed by atoms with Crippen molar-refractivity contribution in [1.82, 2.24) is 10.6 Å². The molecular formula is C16H20Cl2N2O2. The van der Waals surface area contributed by atoms with Gasteiger partial charge in [-0.2, -0.15) is 0 Å². The second kappa shape index (κ2) is 6.88. The molecule has 6 heteroatoms. The highest BCUT2D eigenvalue weighted by atomic mass is 35.5. The van der Waals surface area contributed by atoms with Crippen molar-refractivity contribution in [2.75, 3.05) is 13.1 Å². The standard InChI is InChI=1S/C16H20Cl2N2O2/c1-16(2,11-4-5-12(17)13(18)7-11)9-20-15(22)10-3-6-14(21)19-8-10/h4-5,7,10H,3,6,8-9H2,1-2H3,(H,19,21)(H,20,22)/t10-/m1/s1. The van der Waals surface area contributed by atoms with Gasteiger partial charge in [-0.25, -0.2) is 0 Å². The Bertz CT molecular complexity index is 578. The minimum Gasteiger partial charge on any atom is -0.355 e. The molecule has 2 rings (SSSR count). The molecule has 0 aliphatic carbocycles. The SMILES string of the molecule is CC(C)(CNC(=O)[C@@H]1CCC(=O)NC1)c1ccc(Cl)c(Cl)c1. The lowest BCUT2D eigenvalue weighted by Gasteiger charge is -2.28. The molecule has 1 aromatic rings. The largest absolute Gasteiger partial charge is 0.355 e. The fraction of sp³-hybridized carbons (Fsp3) is 0.500. The minimum absolute atomic E-state index is 0.0141. The summed E-state index contributed by atoms with van der Waals surface area (Å²) in [6, 6.07) is 5.51. The van der Waals surface area contributed by atoms with Gasteiger partial charge in [0.05, 0.1) is 16.0 Å². The van der Waals surface area contributed by atoms with Gasteiger partial charge in [0.25, 0.3) is 0 Å². The molecule has 1 fully saturated rings. The molecule has 1 aliphatic heterocycles. The number of hydrogen-bond acceptors (Lipinski definition) is 2. The lowest BCUT2D eigenvalue weighted by Crippen LogP contribution is -2.45. The van der Waals surface area contributed by atoms with Crippen LogP contribution in [0.3, 0.4) is 0 Å². The van der Waals surface area contributed by atoms with E-state index in [1.165, 1.54) is 0 Å². The smallest absolute Gasteiger partial charge is 0.224 e. The Morgan fingerprint density at radius 1 is 1.36 bits per heavy atom. The number of carbonyl (C=O) groups is 2. The van der Waals surface area contributed by atoms with E-state index in [1.807, 2.05) is 26.0 Å². The molecule has 0 aromatic heterocycles. The van der Waals surface area contributed by atoms with Crippen LogP contribution in [0.5, 0.6) is 0 Å². The molecule has 1 atom stereocenters. The molecule has 0 spiro atoms. The molecule has 0 bridgehead atoms. The van der Waals surface area contributed by atoms with Crippen LogP contribution in [-0.2, 0) is 15.0 Å². The van der Waals surface area contributed by atoms with Crippen molar-refractivity contribution in [2.24, 2.45) is 5.92 Å². The maximum absolute atomic E-state index is 12.2. The fourth-order valence-corrected chi connectivity index (χ4v) is 2.73. The summed E-state index contributed by atoms with van der Waals surface area (Å²) in [7, 11) is 0. The number of nitrogens with one attached hydrogen (secondary N) is 2. The Labute approximate surface area is 140 Å². The molecule has 0 saturated carbocycles. The Kier molecular flexibility index (Phi) is 5.35. The van der Waals surface area contributed by atoms with Crippen LogP contribution in [0.1, 0.15) is 32.3 Å². The lowest BCUT2D eigenvalue weighted by atomic mass is 9.84. The average Bonchev–Trinajstić information content (AvgIpc) is 2.48. The summed E-state index contributed by atoms with van der Waals surface area (Å²) in [6.45, 7) is 4.98. The normalized spacial score (nSPS) is 18.7. The van der Waals surface area contributed by atoms with Gasteiger partial charge >= 0.3 is 0 Å². The number of halogens is 2. The number of piperidine rings is 1. The first-order chi connectivity index (χ1) is 10.3. The highest BCUT2D eigenvalue weighted by molar-refractivity contribution is 6.42. The van der Waals surface area contributed by atoms with Gasteiger partial charge in [0.15, 0.2) is 0 Å². The van der Waals surface area contributed by atoms with Crippen molar-refractivity contribution in [3.63, 3.8) is 0 Å². The van der Waals surface area contributed by atoms with Gasteiger partial charge in [-0.05, 0) is 24.1 Å². The zero-order valence-electron chi connectivity index (χ0n) is 12.7. The van der Waals surface area contributed by atoms with E-state index in [4.69, 9.17) is 23.2 Å². The van der Waals surface area contributed by atoms with Crippen LogP contribution < -0.4 is 10.6 Å². The Balaban J connectivity index is 1.95. The second-order valence-electron chi connectivity index (χ2n) is 6.27. The van der Waals surface area contributed by atoms with Gasteiger partial charge in [-0.15, -0.1) is 0 Å². The van der Waals surface area contributed by atoms with Gasteiger partial charge in [-0.3, -0.25) is 9.59 Å². The van der Waals surface area contributed by atoms with Crippen LogP contribution in [0.4, 0.5) is 0 Å².